The second kappa shape index (κ2) is 25.1. The molecule has 0 nitrogen and oxygen atoms in total. The summed E-state index contributed by atoms with van der Waals surface area (Å²) >= 11 is 0. The number of hydrogen-bond donors (Lipinski definition) is 0. The molecule has 0 atom stereocenters. The van der Waals surface area contributed by atoms with Crippen molar-refractivity contribution in [1.29, 1.82) is 0 Å². The third kappa shape index (κ3) is 22.9. The van der Waals surface area contributed by atoms with Crippen LogP contribution >= 0.6 is 0 Å². The van der Waals surface area contributed by atoms with E-state index < -0.39 is 0 Å². The van der Waals surface area contributed by atoms with E-state index >= 15 is 0 Å². The van der Waals surface area contributed by atoms with Crippen molar-refractivity contribution in [3.05, 3.63) is 32.1 Å². The molecule has 121 valence electrons. The number of hydrogen-bond acceptors (Lipinski definition) is 0. The molecule has 0 amide bonds. The summed E-state index contributed by atoms with van der Waals surface area (Å²) in [5.74, 6) is 0. The monoisotopic (exact) mass is 612 g/mol. The zero-order valence-corrected chi connectivity index (χ0v) is 22.0. The van der Waals surface area contributed by atoms with Crippen LogP contribution in [0.15, 0.2) is 0 Å². The Balaban J connectivity index is -0.000000216. The van der Waals surface area contributed by atoms with Gasteiger partial charge in [0.1, 0.15) is 0 Å². The minimum absolute atomic E-state index is 0. The second-order valence-corrected chi connectivity index (χ2v) is 5.39. The molecule has 0 heterocycles. The quantitative estimate of drug-likeness (QED) is 0.291. The molecule has 0 unspecified atom stereocenters. The third-order valence-electron chi connectivity index (χ3n) is 3.62. The molecule has 3 saturated carbocycles. The topological polar surface area (TPSA) is 0 Å². The van der Waals surface area contributed by atoms with Crippen molar-refractivity contribution < 1.29 is 85.8 Å². The van der Waals surface area contributed by atoms with E-state index in [9.17, 15) is 0 Å². The maximum Gasteiger partial charge on any atom is 0 e. The first-order chi connectivity index (χ1) is 9.00. The van der Waals surface area contributed by atoms with E-state index in [4.69, 9.17) is 0 Å². The first kappa shape index (κ1) is 28.7. The summed E-state index contributed by atoms with van der Waals surface area (Å²) in [4.78, 5) is 0. The van der Waals surface area contributed by atoms with Gasteiger partial charge in [-0.25, -0.2) is 51.4 Å². The van der Waals surface area contributed by atoms with Gasteiger partial charge in [-0.1, -0.05) is 19.3 Å². The molecule has 3 aliphatic carbocycles. The fourth-order valence-electron chi connectivity index (χ4n) is 2.42. The van der Waals surface area contributed by atoms with E-state index in [-0.39, 0.29) is 85.8 Å². The van der Waals surface area contributed by atoms with Gasteiger partial charge in [0.05, 0.1) is 0 Å². The fraction of sp³-hybridized carbons (Fsp3) is 0.722. The van der Waals surface area contributed by atoms with Crippen LogP contribution in [0.2, 0.25) is 0 Å². The molecule has 0 aliphatic heterocycles. The second-order valence-electron chi connectivity index (χ2n) is 5.39. The Morgan fingerprint density at radius 2 is 0.571 bits per heavy atom. The van der Waals surface area contributed by atoms with Crippen molar-refractivity contribution in [2.24, 2.45) is 0 Å². The van der Waals surface area contributed by atoms with Crippen LogP contribution in [0, 0.1) is 32.1 Å². The van der Waals surface area contributed by atoms with Gasteiger partial charge in [-0.05, 0) is 0 Å². The van der Waals surface area contributed by atoms with Gasteiger partial charge in [0.25, 0.3) is 0 Å². The van der Waals surface area contributed by atoms with Gasteiger partial charge in [0.2, 0.25) is 0 Å². The zero-order chi connectivity index (χ0) is 12.7. The van der Waals surface area contributed by atoms with Gasteiger partial charge in [-0.2, -0.15) is 12.8 Å². The molecule has 3 rings (SSSR count). The van der Waals surface area contributed by atoms with Crippen molar-refractivity contribution in [3.63, 3.8) is 0 Å². The summed E-state index contributed by atoms with van der Waals surface area (Å²) in [5.41, 5.74) is 0. The van der Waals surface area contributed by atoms with Crippen LogP contribution in [0.1, 0.15) is 83.5 Å². The molecule has 21 heavy (non-hydrogen) atoms. The largest absolute Gasteiger partial charge is 0.333 e. The average Bonchev–Trinajstić information content (AvgIpc) is 2.54. The van der Waals surface area contributed by atoms with E-state index in [0.717, 1.165) is 0 Å². The molecule has 0 aromatic rings. The molecule has 0 bridgehead atoms. The van der Waals surface area contributed by atoms with E-state index in [1.54, 1.807) is 0 Å². The molecule has 3 heteroatoms. The van der Waals surface area contributed by atoms with E-state index in [0.29, 0.717) is 0 Å². The third-order valence-corrected chi connectivity index (χ3v) is 3.62. The van der Waals surface area contributed by atoms with E-state index in [1.807, 2.05) is 0 Å². The van der Waals surface area contributed by atoms with Crippen LogP contribution in [0.5, 0.6) is 0 Å². The van der Waals surface area contributed by atoms with E-state index in [1.165, 1.54) is 83.5 Å². The van der Waals surface area contributed by atoms with E-state index in [2.05, 4.69) is 32.1 Å². The molecular weight excluding hydrogens is 580 g/mol. The van der Waals surface area contributed by atoms with Crippen LogP contribution < -0.4 is 0 Å². The van der Waals surface area contributed by atoms with Crippen LogP contribution in [0.4, 0.5) is 0 Å². The summed E-state index contributed by atoms with van der Waals surface area (Å²) in [5, 5.41) is 0. The van der Waals surface area contributed by atoms with Crippen LogP contribution in [-0.4, -0.2) is 0 Å². The Hall–Kier alpha value is 2.87. The molecule has 0 saturated heterocycles. The van der Waals surface area contributed by atoms with Crippen molar-refractivity contribution in [2.75, 3.05) is 0 Å². The predicted octanol–water partition coefficient (Wildman–Crippen LogP) is 6.09. The Kier molecular flexibility index (Phi) is 34.3. The van der Waals surface area contributed by atoms with Crippen LogP contribution in [0.3, 0.4) is 0 Å². The van der Waals surface area contributed by atoms with Gasteiger partial charge in [0.15, 0.2) is 0 Å². The standard InChI is InChI=1S/C6H11.2C6H10.Re.2Y/c3*1-2-4-6-5-3-1;;;/h1H,2-6H2;2*1,6H,2-5H2;;;/q-1;2*-2;;;. The molecule has 0 N–H and O–H groups in total. The van der Waals surface area contributed by atoms with Crippen molar-refractivity contribution in [2.45, 2.75) is 83.5 Å². The van der Waals surface area contributed by atoms with Crippen molar-refractivity contribution in [1.82, 2.24) is 0 Å². The maximum absolute atomic E-state index is 2.39. The normalized spacial score (nSPS) is 20.6. The minimum atomic E-state index is 0. The summed E-state index contributed by atoms with van der Waals surface area (Å²) in [7, 11) is 0. The number of rotatable bonds is 0. The predicted molar refractivity (Wildman–Crippen MR) is 81.5 cm³/mol. The molecule has 3 fully saturated rings. The van der Waals surface area contributed by atoms with Crippen molar-refractivity contribution in [3.8, 4) is 0 Å². The van der Waals surface area contributed by atoms with Gasteiger partial charge < -0.3 is 32.1 Å². The average molecular weight is 611 g/mol. The molecular formula is C18H31ReY2-5. The zero-order valence-electron chi connectivity index (χ0n) is 13.6. The summed E-state index contributed by atoms with van der Waals surface area (Å²) in [6.07, 6.45) is 29.5. The SMILES string of the molecule is [CH-]1CCCCC1.[CH-]1CC[CH-]CC1.[CH-]1CC[CH-]CC1.[Re].[Y].[Y]. The Morgan fingerprint density at radius 1 is 0.333 bits per heavy atom. The van der Waals surface area contributed by atoms with Gasteiger partial charge in [-0.3, -0.25) is 0 Å². The molecule has 0 aromatic carbocycles. The van der Waals surface area contributed by atoms with Gasteiger partial charge in [0, 0.05) is 85.8 Å². The summed E-state index contributed by atoms with van der Waals surface area (Å²) in [6.45, 7) is 0. The Bertz CT molecular complexity index is 90.2. The van der Waals surface area contributed by atoms with Crippen LogP contribution in [0.25, 0.3) is 0 Å². The first-order valence-electron chi connectivity index (χ1n) is 8.08. The van der Waals surface area contributed by atoms with Crippen molar-refractivity contribution >= 4 is 0 Å². The molecule has 0 spiro atoms. The first-order valence-corrected chi connectivity index (χ1v) is 8.08. The summed E-state index contributed by atoms with van der Waals surface area (Å²) < 4.78 is 0. The Labute approximate surface area is 198 Å². The molecule has 3 radical (unpaired) electrons. The molecule has 3 aliphatic rings. The fourth-order valence-corrected chi connectivity index (χ4v) is 2.42. The van der Waals surface area contributed by atoms with Gasteiger partial charge >= 0.3 is 0 Å². The minimum Gasteiger partial charge on any atom is -0.333 e. The molecule has 0 aromatic heterocycles. The Morgan fingerprint density at radius 3 is 0.667 bits per heavy atom. The van der Waals surface area contributed by atoms with Gasteiger partial charge in [-0.15, -0.1) is 0 Å². The van der Waals surface area contributed by atoms with Crippen LogP contribution in [-0.2, 0) is 85.8 Å². The summed E-state index contributed by atoms with van der Waals surface area (Å²) in [6, 6.07) is 0. The maximum atomic E-state index is 2.39. The smallest absolute Gasteiger partial charge is 0 e.